The molecular formula is C47H84NO8P. The first-order chi connectivity index (χ1) is 27.7. The third-order valence-electron chi connectivity index (χ3n) is 9.30. The van der Waals surface area contributed by atoms with Crippen molar-refractivity contribution >= 4 is 19.8 Å². The predicted octanol–water partition coefficient (Wildman–Crippen LogP) is 13.1. The van der Waals surface area contributed by atoms with Gasteiger partial charge >= 0.3 is 19.8 Å². The number of hydrogen-bond donors (Lipinski definition) is 1. The highest BCUT2D eigenvalue weighted by molar-refractivity contribution is 7.47. The minimum Gasteiger partial charge on any atom is -0.462 e. The van der Waals surface area contributed by atoms with Gasteiger partial charge in [-0.15, -0.1) is 0 Å². The number of likely N-dealkylation sites (N-methyl/N-ethyl adjacent to an activating group) is 1. The largest absolute Gasteiger partial charge is 0.472 e. The molecular weight excluding hydrogens is 737 g/mol. The van der Waals surface area contributed by atoms with Gasteiger partial charge in [-0.1, -0.05) is 145 Å². The van der Waals surface area contributed by atoms with Crippen LogP contribution in [0.25, 0.3) is 0 Å². The van der Waals surface area contributed by atoms with Crippen LogP contribution in [0.2, 0.25) is 0 Å². The van der Waals surface area contributed by atoms with E-state index < -0.39 is 32.5 Å². The quantitative estimate of drug-likeness (QED) is 0.0279. The van der Waals surface area contributed by atoms with Crippen LogP contribution < -0.4 is 0 Å². The lowest BCUT2D eigenvalue weighted by Crippen LogP contribution is -2.29. The molecule has 0 saturated carbocycles. The van der Waals surface area contributed by atoms with E-state index in [0.717, 1.165) is 70.6 Å². The highest BCUT2D eigenvalue weighted by Gasteiger charge is 2.26. The Balaban J connectivity index is 4.34. The minimum absolute atomic E-state index is 0.000610. The van der Waals surface area contributed by atoms with Gasteiger partial charge in [-0.3, -0.25) is 18.6 Å². The summed E-state index contributed by atoms with van der Waals surface area (Å²) in [4.78, 5) is 37.1. The van der Waals surface area contributed by atoms with Gasteiger partial charge in [0.2, 0.25) is 0 Å². The molecule has 0 radical (unpaired) electrons. The van der Waals surface area contributed by atoms with Crippen LogP contribution in [0.15, 0.2) is 60.8 Å². The van der Waals surface area contributed by atoms with Crippen LogP contribution in [0.3, 0.4) is 0 Å². The summed E-state index contributed by atoms with van der Waals surface area (Å²) in [5.74, 6) is -0.840. The summed E-state index contributed by atoms with van der Waals surface area (Å²) in [6.45, 7) is 4.23. The predicted molar refractivity (Wildman–Crippen MR) is 238 cm³/mol. The number of phosphoric ester groups is 1. The SMILES string of the molecule is CCCCC/C=C\C/C=C\C/C=C\CCCCCCC(=O)OCC(COP(=O)(O)OCCN(C)C)OC(=O)CCCCCCCCC/C=C\C/C=C\CCCCC. The van der Waals surface area contributed by atoms with Crippen molar-refractivity contribution in [3.63, 3.8) is 0 Å². The highest BCUT2D eigenvalue weighted by atomic mass is 31.2. The van der Waals surface area contributed by atoms with E-state index in [0.29, 0.717) is 19.4 Å². The summed E-state index contributed by atoms with van der Waals surface area (Å²) >= 11 is 0. The highest BCUT2D eigenvalue weighted by Crippen LogP contribution is 2.43. The first kappa shape index (κ1) is 54.7. The molecule has 10 heteroatoms. The van der Waals surface area contributed by atoms with Crippen LogP contribution in [0, 0.1) is 0 Å². The van der Waals surface area contributed by atoms with Crippen molar-refractivity contribution in [3.05, 3.63) is 60.8 Å². The van der Waals surface area contributed by atoms with Crippen molar-refractivity contribution < 1.29 is 37.6 Å². The van der Waals surface area contributed by atoms with Gasteiger partial charge < -0.3 is 19.3 Å². The van der Waals surface area contributed by atoms with Crippen molar-refractivity contribution in [1.29, 1.82) is 0 Å². The van der Waals surface area contributed by atoms with Crippen molar-refractivity contribution in [2.75, 3.05) is 40.5 Å². The first-order valence-corrected chi connectivity index (χ1v) is 24.1. The number of rotatable bonds is 41. The molecule has 0 amide bonds. The second kappa shape index (κ2) is 41.9. The Bertz CT molecular complexity index is 1130. The number of carbonyl (C=O) groups is 2. The fourth-order valence-electron chi connectivity index (χ4n) is 5.78. The van der Waals surface area contributed by atoms with E-state index >= 15 is 0 Å². The molecule has 0 fully saturated rings. The number of nitrogens with zero attached hydrogens (tertiary/aromatic N) is 1. The van der Waals surface area contributed by atoms with Crippen LogP contribution in [-0.4, -0.2) is 68.3 Å². The molecule has 0 heterocycles. The van der Waals surface area contributed by atoms with E-state index in [4.69, 9.17) is 18.5 Å². The average molecular weight is 822 g/mol. The molecule has 2 unspecified atom stereocenters. The van der Waals surface area contributed by atoms with Gasteiger partial charge in [0.1, 0.15) is 6.61 Å². The number of esters is 2. The summed E-state index contributed by atoms with van der Waals surface area (Å²) in [6, 6.07) is 0. The van der Waals surface area contributed by atoms with Crippen molar-refractivity contribution in [2.45, 2.75) is 187 Å². The lowest BCUT2D eigenvalue weighted by Gasteiger charge is -2.20. The summed E-state index contributed by atoms with van der Waals surface area (Å²) in [5, 5.41) is 0. The zero-order valence-electron chi connectivity index (χ0n) is 36.8. The standard InChI is InChI=1S/C47H84NO8P/c1-5-7-9-11-13-15-17-19-21-23-25-27-29-31-33-35-37-39-46(49)53-43-45(44-55-57(51,52)54-42-41-48(3)4)56-47(50)40-38-36-34-32-30-28-26-24-22-20-18-16-14-12-10-8-6-2/h13-16,19-22,25,27,45H,5-12,17-18,23-24,26,28-44H2,1-4H3,(H,51,52)/b15-13-,16-14-,21-19-,22-20-,27-25-. The van der Waals surface area contributed by atoms with E-state index in [1.54, 1.807) is 0 Å². The molecule has 330 valence electrons. The number of unbranched alkanes of at least 4 members (excludes halogenated alkanes) is 17. The van der Waals surface area contributed by atoms with Gasteiger partial charge in [-0.2, -0.15) is 0 Å². The van der Waals surface area contributed by atoms with Crippen molar-refractivity contribution in [3.8, 4) is 0 Å². The van der Waals surface area contributed by atoms with Crippen LogP contribution in [0.5, 0.6) is 0 Å². The van der Waals surface area contributed by atoms with E-state index in [9.17, 15) is 19.0 Å². The monoisotopic (exact) mass is 822 g/mol. The molecule has 0 aromatic carbocycles. The van der Waals surface area contributed by atoms with Gasteiger partial charge in [-0.25, -0.2) is 4.57 Å². The van der Waals surface area contributed by atoms with Gasteiger partial charge in [-0.05, 0) is 97.6 Å². The smallest absolute Gasteiger partial charge is 0.462 e. The van der Waals surface area contributed by atoms with Gasteiger partial charge in [0.15, 0.2) is 6.10 Å². The van der Waals surface area contributed by atoms with E-state index in [1.165, 1.54) is 70.6 Å². The molecule has 9 nitrogen and oxygen atoms in total. The van der Waals surface area contributed by atoms with Crippen LogP contribution in [-0.2, 0) is 32.7 Å². The Morgan fingerprint density at radius 2 is 0.947 bits per heavy atom. The van der Waals surface area contributed by atoms with Crippen LogP contribution in [0.1, 0.15) is 181 Å². The normalized spacial score (nSPS) is 13.9. The lowest BCUT2D eigenvalue weighted by molar-refractivity contribution is -0.161. The van der Waals surface area contributed by atoms with E-state index in [1.807, 2.05) is 19.0 Å². The molecule has 0 aliphatic heterocycles. The molecule has 0 aliphatic carbocycles. The summed E-state index contributed by atoms with van der Waals surface area (Å²) in [7, 11) is -0.732. The van der Waals surface area contributed by atoms with Crippen LogP contribution >= 0.6 is 7.82 Å². The molecule has 0 spiro atoms. The minimum atomic E-state index is -4.37. The van der Waals surface area contributed by atoms with E-state index in [2.05, 4.69) is 74.6 Å². The maximum absolute atomic E-state index is 12.7. The van der Waals surface area contributed by atoms with Gasteiger partial charge in [0.05, 0.1) is 13.2 Å². The average Bonchev–Trinajstić information content (AvgIpc) is 3.18. The molecule has 1 N–H and O–H groups in total. The number of allylic oxidation sites excluding steroid dienone is 10. The first-order valence-electron chi connectivity index (χ1n) is 22.6. The Kier molecular flexibility index (Phi) is 40.2. The number of carbonyl (C=O) groups excluding carboxylic acids is 2. The molecule has 0 saturated heterocycles. The summed E-state index contributed by atoms with van der Waals surface area (Å²) in [5.41, 5.74) is 0. The zero-order valence-corrected chi connectivity index (χ0v) is 37.7. The Labute approximate surface area is 349 Å². The zero-order chi connectivity index (χ0) is 41.9. The van der Waals surface area contributed by atoms with Gasteiger partial charge in [0.25, 0.3) is 0 Å². The molecule has 0 aromatic rings. The molecule has 0 aliphatic rings. The number of ether oxygens (including phenoxy) is 2. The summed E-state index contributed by atoms with van der Waals surface area (Å²) < 4.78 is 33.5. The Morgan fingerprint density at radius 1 is 0.544 bits per heavy atom. The summed E-state index contributed by atoms with van der Waals surface area (Å²) in [6.07, 6.45) is 48.3. The van der Waals surface area contributed by atoms with Gasteiger partial charge in [0, 0.05) is 19.4 Å². The molecule has 0 aromatic heterocycles. The molecule has 57 heavy (non-hydrogen) atoms. The Hall–Kier alpha value is -2.29. The molecule has 0 bridgehead atoms. The second-order valence-corrected chi connectivity index (χ2v) is 16.7. The number of hydrogen-bond acceptors (Lipinski definition) is 8. The number of phosphoric acid groups is 1. The fraction of sp³-hybridized carbons (Fsp3) is 0.745. The van der Waals surface area contributed by atoms with E-state index in [-0.39, 0.29) is 26.1 Å². The third-order valence-corrected chi connectivity index (χ3v) is 10.3. The van der Waals surface area contributed by atoms with Crippen molar-refractivity contribution in [2.24, 2.45) is 0 Å². The topological polar surface area (TPSA) is 112 Å². The Morgan fingerprint density at radius 3 is 1.40 bits per heavy atom. The maximum Gasteiger partial charge on any atom is 0.472 e. The lowest BCUT2D eigenvalue weighted by atomic mass is 10.1. The fourth-order valence-corrected chi connectivity index (χ4v) is 6.52. The third kappa shape index (κ3) is 43.1. The molecule has 0 rings (SSSR count). The molecule has 2 atom stereocenters. The van der Waals surface area contributed by atoms with Crippen LogP contribution in [0.4, 0.5) is 0 Å². The van der Waals surface area contributed by atoms with Crippen molar-refractivity contribution in [1.82, 2.24) is 4.90 Å². The second-order valence-electron chi connectivity index (χ2n) is 15.2. The maximum atomic E-state index is 12.7.